The van der Waals surface area contributed by atoms with Gasteiger partial charge in [-0.2, -0.15) is 0 Å². The topological polar surface area (TPSA) is 78.3 Å². The molecule has 0 spiro atoms. The molecule has 2 aromatic rings. The molecule has 0 radical (unpaired) electrons. The second-order valence-corrected chi connectivity index (χ2v) is 3.81. The first kappa shape index (κ1) is 14.9. The zero-order valence-electron chi connectivity index (χ0n) is 10.8. The van der Waals surface area contributed by atoms with Gasteiger partial charge in [0.15, 0.2) is 6.10 Å². The van der Waals surface area contributed by atoms with Crippen molar-refractivity contribution >= 4 is 5.97 Å². The summed E-state index contributed by atoms with van der Waals surface area (Å²) in [5.41, 5.74) is 1.96. The van der Waals surface area contributed by atoms with Gasteiger partial charge in [-0.1, -0.05) is 60.7 Å². The van der Waals surface area contributed by atoms with E-state index < -0.39 is 0 Å². The highest BCUT2D eigenvalue weighted by Crippen LogP contribution is 2.25. The van der Waals surface area contributed by atoms with Crippen LogP contribution in [0.4, 0.5) is 0 Å². The predicted molar refractivity (Wildman–Crippen MR) is 74.9 cm³/mol. The average Bonchev–Trinajstić information content (AvgIpc) is 2.48. The third kappa shape index (κ3) is 4.54. The molecule has 4 N–H and O–H groups in total. The van der Waals surface area contributed by atoms with Crippen molar-refractivity contribution in [2.24, 2.45) is 11.7 Å². The normalized spacial score (nSPS) is 9.47. The molecule has 0 aliphatic carbocycles. The quantitative estimate of drug-likeness (QED) is 0.502. The van der Waals surface area contributed by atoms with Gasteiger partial charge in [0.2, 0.25) is 0 Å². The number of esters is 1. The molecule has 0 fully saturated rings. The minimum atomic E-state index is -0.324. The van der Waals surface area contributed by atoms with E-state index in [1.54, 1.807) is 0 Å². The summed E-state index contributed by atoms with van der Waals surface area (Å²) >= 11 is 0. The van der Waals surface area contributed by atoms with Gasteiger partial charge in [-0.05, 0) is 11.1 Å². The second-order valence-electron chi connectivity index (χ2n) is 3.81. The summed E-state index contributed by atoms with van der Waals surface area (Å²) in [6.07, 6.45) is -0.324. The van der Waals surface area contributed by atoms with Crippen molar-refractivity contribution in [2.45, 2.75) is 13.0 Å². The van der Waals surface area contributed by atoms with E-state index in [9.17, 15) is 4.79 Å². The molecule has 2 aromatic carbocycles. The van der Waals surface area contributed by atoms with Crippen LogP contribution in [0.2, 0.25) is 0 Å². The number of nitrogens with two attached hydrogens (primary N) is 2. The van der Waals surface area contributed by atoms with Gasteiger partial charge in [0.1, 0.15) is 0 Å². The van der Waals surface area contributed by atoms with Crippen LogP contribution in [0.15, 0.2) is 60.7 Å². The standard InChI is InChI=1S/C15H14O2.H4N2/c1-12(16)17-15(13-8-4-2-5-9-13)14-10-6-3-7-11-14;1-2/h2-11,15H,1H3;1-2H2. The molecule has 0 aromatic heterocycles. The lowest BCUT2D eigenvalue weighted by Gasteiger charge is -2.17. The van der Waals surface area contributed by atoms with Crippen LogP contribution in [0, 0.1) is 0 Å². The Labute approximate surface area is 113 Å². The van der Waals surface area contributed by atoms with E-state index in [2.05, 4.69) is 11.7 Å². The molecular formula is C15H18N2O2. The predicted octanol–water partition coefficient (Wildman–Crippen LogP) is 2.16. The van der Waals surface area contributed by atoms with E-state index >= 15 is 0 Å². The molecule has 19 heavy (non-hydrogen) atoms. The highest BCUT2D eigenvalue weighted by molar-refractivity contribution is 5.66. The number of hydrogen-bond acceptors (Lipinski definition) is 4. The second kappa shape index (κ2) is 8.02. The number of carbonyl (C=O) groups excluding carboxylic acids is 1. The fourth-order valence-corrected chi connectivity index (χ4v) is 1.75. The van der Waals surface area contributed by atoms with Gasteiger partial charge < -0.3 is 4.74 Å². The highest BCUT2D eigenvalue weighted by atomic mass is 16.5. The van der Waals surface area contributed by atoms with Gasteiger partial charge >= 0.3 is 5.97 Å². The molecule has 4 nitrogen and oxygen atoms in total. The van der Waals surface area contributed by atoms with Crippen LogP contribution in [-0.2, 0) is 9.53 Å². The van der Waals surface area contributed by atoms with Gasteiger partial charge in [0.25, 0.3) is 0 Å². The molecule has 0 saturated heterocycles. The van der Waals surface area contributed by atoms with Crippen LogP contribution in [0.5, 0.6) is 0 Å². The molecule has 0 aliphatic heterocycles. The van der Waals surface area contributed by atoms with Crippen LogP contribution in [-0.4, -0.2) is 5.97 Å². The Hall–Kier alpha value is -2.17. The Kier molecular flexibility index (Phi) is 6.29. The number of benzene rings is 2. The Morgan fingerprint density at radius 1 is 0.895 bits per heavy atom. The van der Waals surface area contributed by atoms with Gasteiger partial charge in [-0.15, -0.1) is 0 Å². The van der Waals surface area contributed by atoms with Crippen LogP contribution >= 0.6 is 0 Å². The highest BCUT2D eigenvalue weighted by Gasteiger charge is 2.16. The fourth-order valence-electron chi connectivity index (χ4n) is 1.75. The minimum absolute atomic E-state index is 0.275. The number of hydrazine groups is 1. The third-order valence-electron chi connectivity index (χ3n) is 2.49. The largest absolute Gasteiger partial charge is 0.453 e. The summed E-state index contributed by atoms with van der Waals surface area (Å²) in [4.78, 5) is 11.2. The zero-order valence-corrected chi connectivity index (χ0v) is 10.8. The van der Waals surface area contributed by atoms with Crippen LogP contribution < -0.4 is 11.7 Å². The van der Waals surface area contributed by atoms with Crippen molar-refractivity contribution in [2.75, 3.05) is 0 Å². The van der Waals surface area contributed by atoms with E-state index in [1.807, 2.05) is 60.7 Å². The molecule has 0 atom stereocenters. The maximum Gasteiger partial charge on any atom is 0.303 e. The molecule has 0 bridgehead atoms. The van der Waals surface area contributed by atoms with Crippen molar-refractivity contribution in [3.05, 3.63) is 71.8 Å². The van der Waals surface area contributed by atoms with Crippen LogP contribution in [0.3, 0.4) is 0 Å². The van der Waals surface area contributed by atoms with Crippen molar-refractivity contribution < 1.29 is 9.53 Å². The van der Waals surface area contributed by atoms with Gasteiger partial charge in [0, 0.05) is 6.92 Å². The maximum atomic E-state index is 11.2. The number of ether oxygens (including phenoxy) is 1. The summed E-state index contributed by atoms with van der Waals surface area (Å²) in [5.74, 6) is 7.72. The van der Waals surface area contributed by atoms with Crippen molar-refractivity contribution in [1.82, 2.24) is 0 Å². The SMILES string of the molecule is CC(=O)OC(c1ccccc1)c1ccccc1.NN. The van der Waals surface area contributed by atoms with Gasteiger partial charge in [-0.25, -0.2) is 0 Å². The number of hydrogen-bond donors (Lipinski definition) is 2. The van der Waals surface area contributed by atoms with Crippen LogP contribution in [0.1, 0.15) is 24.2 Å². The first-order valence-electron chi connectivity index (χ1n) is 5.88. The summed E-state index contributed by atoms with van der Waals surface area (Å²) < 4.78 is 5.38. The number of carbonyl (C=O) groups is 1. The summed E-state index contributed by atoms with van der Waals surface area (Å²) in [6.45, 7) is 1.43. The van der Waals surface area contributed by atoms with Gasteiger partial charge in [0.05, 0.1) is 0 Å². The molecule has 0 saturated carbocycles. The average molecular weight is 258 g/mol. The molecule has 0 unspecified atom stereocenters. The summed E-state index contributed by atoms with van der Waals surface area (Å²) in [5, 5.41) is 0. The van der Waals surface area contributed by atoms with E-state index in [0.717, 1.165) is 11.1 Å². The van der Waals surface area contributed by atoms with E-state index in [-0.39, 0.29) is 12.1 Å². The lowest BCUT2D eigenvalue weighted by atomic mass is 10.0. The van der Waals surface area contributed by atoms with Crippen molar-refractivity contribution in [1.29, 1.82) is 0 Å². The zero-order chi connectivity index (χ0) is 14.1. The lowest BCUT2D eigenvalue weighted by Crippen LogP contribution is -2.09. The smallest absolute Gasteiger partial charge is 0.303 e. The van der Waals surface area contributed by atoms with Crippen molar-refractivity contribution in [3.63, 3.8) is 0 Å². The summed E-state index contributed by atoms with van der Waals surface area (Å²) in [6, 6.07) is 19.5. The van der Waals surface area contributed by atoms with Gasteiger partial charge in [-0.3, -0.25) is 16.5 Å². The Morgan fingerprint density at radius 3 is 1.58 bits per heavy atom. The molecule has 0 amide bonds. The molecule has 2 rings (SSSR count). The fraction of sp³-hybridized carbons (Fsp3) is 0.133. The van der Waals surface area contributed by atoms with Crippen molar-refractivity contribution in [3.8, 4) is 0 Å². The molecular weight excluding hydrogens is 240 g/mol. The minimum Gasteiger partial charge on any atom is -0.453 e. The molecule has 0 aliphatic rings. The number of rotatable bonds is 3. The van der Waals surface area contributed by atoms with Crippen LogP contribution in [0.25, 0.3) is 0 Å². The molecule has 100 valence electrons. The first-order chi connectivity index (χ1) is 9.27. The van der Waals surface area contributed by atoms with E-state index in [0.29, 0.717) is 0 Å². The third-order valence-corrected chi connectivity index (χ3v) is 2.49. The van der Waals surface area contributed by atoms with E-state index in [4.69, 9.17) is 4.74 Å². The Balaban J connectivity index is 0.000000861. The first-order valence-corrected chi connectivity index (χ1v) is 5.88. The van der Waals surface area contributed by atoms with E-state index in [1.165, 1.54) is 6.92 Å². The lowest BCUT2D eigenvalue weighted by molar-refractivity contribution is -0.144. The maximum absolute atomic E-state index is 11.2. The monoisotopic (exact) mass is 258 g/mol. The molecule has 4 heteroatoms. The Morgan fingerprint density at radius 2 is 1.26 bits per heavy atom. The summed E-state index contributed by atoms with van der Waals surface area (Å²) in [7, 11) is 0. The Bertz CT molecular complexity index is 447. The molecule has 0 heterocycles.